The minimum absolute atomic E-state index is 0.0273. The van der Waals surface area contributed by atoms with Crippen molar-refractivity contribution >= 4 is 5.91 Å². The molecule has 1 fully saturated rings. The Labute approximate surface area is 131 Å². The first-order chi connectivity index (χ1) is 10.6. The Morgan fingerprint density at radius 2 is 2.00 bits per heavy atom. The van der Waals surface area contributed by atoms with Gasteiger partial charge in [-0.25, -0.2) is 0 Å². The Bertz CT molecular complexity index is 639. The zero-order chi connectivity index (χ0) is 15.7. The van der Waals surface area contributed by atoms with Gasteiger partial charge in [-0.15, -0.1) is 0 Å². The molecule has 1 aliphatic rings. The zero-order valence-electron chi connectivity index (χ0n) is 13.4. The maximum atomic E-state index is 13.1. The van der Waals surface area contributed by atoms with E-state index in [0.29, 0.717) is 29.5 Å². The van der Waals surface area contributed by atoms with Crippen LogP contribution in [0.25, 0.3) is 0 Å². The molecular weight excluding hydrogens is 276 g/mol. The second-order valence-electron chi connectivity index (χ2n) is 6.20. The fraction of sp³-hybridized carbons (Fsp3) is 0.444. The summed E-state index contributed by atoms with van der Waals surface area (Å²) in [5.74, 6) is 1.25. The van der Waals surface area contributed by atoms with E-state index in [-0.39, 0.29) is 11.9 Å². The van der Waals surface area contributed by atoms with Gasteiger partial charge < -0.3 is 9.42 Å². The largest absolute Gasteiger partial charge is 0.361 e. The monoisotopic (exact) mass is 298 g/mol. The molecule has 1 aromatic heterocycles. The molecule has 1 unspecified atom stereocenters. The lowest BCUT2D eigenvalue weighted by atomic mass is 10.1. The minimum Gasteiger partial charge on any atom is -0.361 e. The highest BCUT2D eigenvalue weighted by Gasteiger charge is 2.36. The molecule has 1 saturated carbocycles. The molecule has 0 saturated heterocycles. The van der Waals surface area contributed by atoms with Crippen molar-refractivity contribution in [2.45, 2.75) is 46.2 Å². The number of aryl methyl sites for hydroxylation is 2. The summed E-state index contributed by atoms with van der Waals surface area (Å²) in [6, 6.07) is 10.4. The minimum atomic E-state index is 0.0273. The van der Waals surface area contributed by atoms with Crippen LogP contribution in [0.3, 0.4) is 0 Å². The Morgan fingerprint density at radius 1 is 1.32 bits per heavy atom. The highest BCUT2D eigenvalue weighted by Crippen LogP contribution is 2.36. The first kappa shape index (κ1) is 14.8. The predicted molar refractivity (Wildman–Crippen MR) is 84.5 cm³/mol. The van der Waals surface area contributed by atoms with Crippen LogP contribution in [0.4, 0.5) is 0 Å². The van der Waals surface area contributed by atoms with E-state index in [4.69, 9.17) is 4.52 Å². The summed E-state index contributed by atoms with van der Waals surface area (Å²) in [7, 11) is 0. The molecule has 4 heteroatoms. The van der Waals surface area contributed by atoms with Crippen LogP contribution in [0.1, 0.15) is 47.1 Å². The Balaban J connectivity index is 1.89. The van der Waals surface area contributed by atoms with Gasteiger partial charge in [-0.1, -0.05) is 35.5 Å². The van der Waals surface area contributed by atoms with E-state index in [2.05, 4.69) is 24.2 Å². The van der Waals surface area contributed by atoms with Crippen molar-refractivity contribution in [3.8, 4) is 0 Å². The molecule has 22 heavy (non-hydrogen) atoms. The average molecular weight is 298 g/mol. The van der Waals surface area contributed by atoms with Crippen molar-refractivity contribution < 1.29 is 9.32 Å². The van der Waals surface area contributed by atoms with E-state index >= 15 is 0 Å². The zero-order valence-corrected chi connectivity index (χ0v) is 13.4. The lowest BCUT2D eigenvalue weighted by molar-refractivity contribution is 0.0652. The second kappa shape index (κ2) is 5.95. The summed E-state index contributed by atoms with van der Waals surface area (Å²) in [6.07, 6.45) is 2.42. The van der Waals surface area contributed by atoms with Gasteiger partial charge in [-0.2, -0.15) is 0 Å². The molecule has 1 aromatic carbocycles. The van der Waals surface area contributed by atoms with Gasteiger partial charge in [0.1, 0.15) is 11.3 Å². The SMILES string of the molecule is Cc1noc(C)c1C(=O)N(Cc1ccccc1)C(C)C1CC1. The lowest BCUT2D eigenvalue weighted by Gasteiger charge is -2.29. The molecule has 4 nitrogen and oxygen atoms in total. The van der Waals surface area contributed by atoms with Crippen molar-refractivity contribution in [2.24, 2.45) is 5.92 Å². The van der Waals surface area contributed by atoms with Gasteiger partial charge in [-0.3, -0.25) is 4.79 Å². The predicted octanol–water partition coefficient (Wildman–Crippen LogP) is 3.73. The third-order valence-electron chi connectivity index (χ3n) is 4.50. The summed E-state index contributed by atoms with van der Waals surface area (Å²) >= 11 is 0. The molecule has 1 heterocycles. The van der Waals surface area contributed by atoms with Gasteiger partial charge in [0.2, 0.25) is 0 Å². The van der Waals surface area contributed by atoms with E-state index in [1.54, 1.807) is 6.92 Å². The molecule has 0 N–H and O–H groups in total. The van der Waals surface area contributed by atoms with Crippen LogP contribution in [0.15, 0.2) is 34.9 Å². The molecule has 0 spiro atoms. The van der Waals surface area contributed by atoms with Crippen molar-refractivity contribution in [1.29, 1.82) is 0 Å². The molecular formula is C18H22N2O2. The van der Waals surface area contributed by atoms with Gasteiger partial charge in [-0.05, 0) is 45.1 Å². The third kappa shape index (κ3) is 2.91. The lowest BCUT2D eigenvalue weighted by Crippen LogP contribution is -2.39. The Kier molecular flexibility index (Phi) is 4.01. The van der Waals surface area contributed by atoms with Gasteiger partial charge in [0.15, 0.2) is 0 Å². The number of hydrogen-bond acceptors (Lipinski definition) is 3. The highest BCUT2D eigenvalue weighted by atomic mass is 16.5. The van der Waals surface area contributed by atoms with Crippen LogP contribution in [0.5, 0.6) is 0 Å². The molecule has 0 aliphatic heterocycles. The summed E-state index contributed by atoms with van der Waals surface area (Å²) in [5.41, 5.74) is 2.43. The van der Waals surface area contributed by atoms with Crippen molar-refractivity contribution in [2.75, 3.05) is 0 Å². The van der Waals surface area contributed by atoms with E-state index in [1.807, 2.05) is 30.0 Å². The Morgan fingerprint density at radius 3 is 2.55 bits per heavy atom. The van der Waals surface area contributed by atoms with Crippen LogP contribution >= 0.6 is 0 Å². The highest BCUT2D eigenvalue weighted by molar-refractivity contribution is 5.96. The van der Waals surface area contributed by atoms with Crippen molar-refractivity contribution in [1.82, 2.24) is 10.1 Å². The number of benzene rings is 1. The quantitative estimate of drug-likeness (QED) is 0.845. The topological polar surface area (TPSA) is 46.3 Å². The van der Waals surface area contributed by atoms with E-state index in [0.717, 1.165) is 5.56 Å². The van der Waals surface area contributed by atoms with E-state index in [9.17, 15) is 4.79 Å². The number of hydrogen-bond donors (Lipinski definition) is 0. The van der Waals surface area contributed by atoms with Crippen LogP contribution in [0, 0.1) is 19.8 Å². The number of amides is 1. The summed E-state index contributed by atoms with van der Waals surface area (Å²) in [6.45, 7) is 6.40. The van der Waals surface area contributed by atoms with Crippen LogP contribution in [-0.2, 0) is 6.54 Å². The van der Waals surface area contributed by atoms with Crippen LogP contribution < -0.4 is 0 Å². The molecule has 3 rings (SSSR count). The van der Waals surface area contributed by atoms with Crippen molar-refractivity contribution in [3.63, 3.8) is 0 Å². The fourth-order valence-electron chi connectivity index (χ4n) is 2.95. The smallest absolute Gasteiger partial charge is 0.259 e. The number of nitrogens with zero attached hydrogens (tertiary/aromatic N) is 2. The maximum Gasteiger partial charge on any atom is 0.259 e. The van der Waals surface area contributed by atoms with Gasteiger partial charge in [0.05, 0.1) is 5.69 Å². The second-order valence-corrected chi connectivity index (χ2v) is 6.20. The number of rotatable bonds is 5. The van der Waals surface area contributed by atoms with Crippen LogP contribution in [0.2, 0.25) is 0 Å². The van der Waals surface area contributed by atoms with E-state index < -0.39 is 0 Å². The summed E-state index contributed by atoms with van der Waals surface area (Å²) < 4.78 is 5.18. The molecule has 2 aromatic rings. The standard InChI is InChI=1S/C18H22N2O2/c1-12-17(14(3)22-19-12)18(21)20(13(2)16-9-10-16)11-15-7-5-4-6-8-15/h4-8,13,16H,9-11H2,1-3H3. The number of carbonyl (C=O) groups excluding carboxylic acids is 1. The number of carbonyl (C=O) groups is 1. The van der Waals surface area contributed by atoms with Crippen molar-refractivity contribution in [3.05, 3.63) is 52.9 Å². The molecule has 1 amide bonds. The van der Waals surface area contributed by atoms with Gasteiger partial charge >= 0.3 is 0 Å². The summed E-state index contributed by atoms with van der Waals surface area (Å²) in [5, 5.41) is 3.92. The maximum absolute atomic E-state index is 13.1. The first-order valence-corrected chi connectivity index (χ1v) is 7.85. The van der Waals surface area contributed by atoms with Gasteiger partial charge in [0, 0.05) is 12.6 Å². The van der Waals surface area contributed by atoms with Crippen LogP contribution in [-0.4, -0.2) is 22.0 Å². The number of aromatic nitrogens is 1. The molecule has 116 valence electrons. The normalized spacial score (nSPS) is 15.6. The van der Waals surface area contributed by atoms with Gasteiger partial charge in [0.25, 0.3) is 5.91 Å². The first-order valence-electron chi connectivity index (χ1n) is 7.85. The molecule has 1 aliphatic carbocycles. The molecule has 0 radical (unpaired) electrons. The fourth-order valence-corrected chi connectivity index (χ4v) is 2.95. The average Bonchev–Trinajstić information content (AvgIpc) is 3.31. The third-order valence-corrected chi connectivity index (χ3v) is 4.50. The van der Waals surface area contributed by atoms with E-state index in [1.165, 1.54) is 12.8 Å². The molecule has 0 bridgehead atoms. The summed E-state index contributed by atoms with van der Waals surface area (Å²) in [4.78, 5) is 15.0. The molecule has 1 atom stereocenters. The Hall–Kier alpha value is -2.10.